The molecule has 1 fully saturated rings. The number of benzene rings is 1. The number of carbonyl (C=O) groups is 2. The Balaban J connectivity index is 1.89. The Morgan fingerprint density at radius 2 is 1.95 bits per heavy atom. The summed E-state index contributed by atoms with van der Waals surface area (Å²) in [5.41, 5.74) is 0.702. The van der Waals surface area contributed by atoms with Crippen molar-refractivity contribution >= 4 is 34.8 Å². The summed E-state index contributed by atoms with van der Waals surface area (Å²) in [5.74, 6) is -0.630. The number of pyridine rings is 1. The zero-order valence-electron chi connectivity index (χ0n) is 11.6. The summed E-state index contributed by atoms with van der Waals surface area (Å²) >= 11 is 6.08. The standard InChI is InChI=1S/C15H13ClFN3O2/c16-14-12(7-10-1-2-11(17)8-13(10)18-14)15(22)20-5-3-19(9-21)4-6-20/h1-2,7-9H,3-6H2. The Bertz CT molecular complexity index is 745. The van der Waals surface area contributed by atoms with Crippen LogP contribution in [0.2, 0.25) is 5.15 Å². The average Bonchev–Trinajstić information content (AvgIpc) is 2.53. The van der Waals surface area contributed by atoms with Crippen molar-refractivity contribution in [3.8, 4) is 0 Å². The quantitative estimate of drug-likeness (QED) is 0.627. The summed E-state index contributed by atoms with van der Waals surface area (Å²) in [5, 5.41) is 0.710. The smallest absolute Gasteiger partial charge is 0.257 e. The minimum Gasteiger partial charge on any atom is -0.342 e. The van der Waals surface area contributed by atoms with Gasteiger partial charge in [0.25, 0.3) is 5.91 Å². The maximum atomic E-state index is 13.2. The van der Waals surface area contributed by atoms with Gasteiger partial charge in [-0.15, -0.1) is 0 Å². The minimum absolute atomic E-state index is 0.0564. The molecular weight excluding hydrogens is 309 g/mol. The number of hydrogen-bond donors (Lipinski definition) is 0. The first-order chi connectivity index (χ1) is 10.6. The molecule has 114 valence electrons. The van der Waals surface area contributed by atoms with Gasteiger partial charge in [-0.05, 0) is 18.2 Å². The number of piperazine rings is 1. The van der Waals surface area contributed by atoms with Crippen LogP contribution in [-0.4, -0.2) is 53.3 Å². The van der Waals surface area contributed by atoms with E-state index in [1.54, 1.807) is 21.9 Å². The molecule has 7 heteroatoms. The highest BCUT2D eigenvalue weighted by molar-refractivity contribution is 6.33. The molecule has 0 unspecified atom stereocenters. The van der Waals surface area contributed by atoms with Crippen molar-refractivity contribution in [3.63, 3.8) is 0 Å². The minimum atomic E-state index is -0.403. The third-order valence-electron chi connectivity index (χ3n) is 3.71. The first-order valence-corrected chi connectivity index (χ1v) is 7.21. The van der Waals surface area contributed by atoms with Gasteiger partial charge in [-0.3, -0.25) is 9.59 Å². The van der Waals surface area contributed by atoms with Crippen molar-refractivity contribution in [3.05, 3.63) is 40.8 Å². The van der Waals surface area contributed by atoms with Crippen LogP contribution in [0.1, 0.15) is 10.4 Å². The number of hydrogen-bond acceptors (Lipinski definition) is 3. The van der Waals surface area contributed by atoms with E-state index < -0.39 is 5.82 Å². The third kappa shape index (κ3) is 2.74. The number of rotatable bonds is 2. The molecule has 0 atom stereocenters. The summed E-state index contributed by atoms with van der Waals surface area (Å²) in [6.45, 7) is 1.91. The summed E-state index contributed by atoms with van der Waals surface area (Å²) < 4.78 is 13.2. The molecule has 1 saturated heterocycles. The third-order valence-corrected chi connectivity index (χ3v) is 4.00. The molecule has 2 amide bonds. The lowest BCUT2D eigenvalue weighted by Crippen LogP contribution is -2.48. The van der Waals surface area contributed by atoms with Gasteiger partial charge in [0, 0.05) is 37.6 Å². The van der Waals surface area contributed by atoms with Gasteiger partial charge in [-0.1, -0.05) is 11.6 Å². The Hall–Kier alpha value is -2.21. The Kier molecular flexibility index (Phi) is 3.94. The molecule has 1 aliphatic rings. The van der Waals surface area contributed by atoms with Crippen LogP contribution in [0, 0.1) is 5.82 Å². The summed E-state index contributed by atoms with van der Waals surface area (Å²) in [6.07, 6.45) is 0.779. The normalized spacial score (nSPS) is 15.2. The molecule has 2 aromatic rings. The molecule has 0 N–H and O–H groups in total. The van der Waals surface area contributed by atoms with E-state index in [4.69, 9.17) is 11.6 Å². The van der Waals surface area contributed by atoms with E-state index in [1.165, 1.54) is 12.1 Å². The second-order valence-electron chi connectivity index (χ2n) is 5.10. The van der Waals surface area contributed by atoms with Crippen LogP contribution >= 0.6 is 11.6 Å². The van der Waals surface area contributed by atoms with E-state index in [9.17, 15) is 14.0 Å². The molecule has 2 heterocycles. The van der Waals surface area contributed by atoms with E-state index in [-0.39, 0.29) is 11.1 Å². The molecule has 1 aromatic heterocycles. The fraction of sp³-hybridized carbons (Fsp3) is 0.267. The van der Waals surface area contributed by atoms with Crippen molar-refractivity contribution in [2.75, 3.05) is 26.2 Å². The van der Waals surface area contributed by atoms with Crippen LogP contribution in [0.4, 0.5) is 4.39 Å². The van der Waals surface area contributed by atoms with Gasteiger partial charge in [0.1, 0.15) is 11.0 Å². The van der Waals surface area contributed by atoms with Crippen molar-refractivity contribution in [2.24, 2.45) is 0 Å². The van der Waals surface area contributed by atoms with Crippen LogP contribution in [0.25, 0.3) is 10.9 Å². The number of fused-ring (bicyclic) bond motifs is 1. The first-order valence-electron chi connectivity index (χ1n) is 6.83. The zero-order chi connectivity index (χ0) is 15.7. The molecule has 0 bridgehead atoms. The summed E-state index contributed by atoms with van der Waals surface area (Å²) in [7, 11) is 0. The highest BCUT2D eigenvalue weighted by atomic mass is 35.5. The van der Waals surface area contributed by atoms with Crippen molar-refractivity contribution in [1.29, 1.82) is 0 Å². The maximum absolute atomic E-state index is 13.2. The van der Waals surface area contributed by atoms with Crippen LogP contribution in [-0.2, 0) is 4.79 Å². The zero-order valence-corrected chi connectivity index (χ0v) is 12.4. The van der Waals surface area contributed by atoms with Crippen LogP contribution in [0.15, 0.2) is 24.3 Å². The van der Waals surface area contributed by atoms with Crippen molar-refractivity contribution in [2.45, 2.75) is 0 Å². The monoisotopic (exact) mass is 321 g/mol. The average molecular weight is 322 g/mol. The van der Waals surface area contributed by atoms with Crippen LogP contribution < -0.4 is 0 Å². The van der Waals surface area contributed by atoms with Gasteiger partial charge in [0.05, 0.1) is 11.1 Å². The molecule has 5 nitrogen and oxygen atoms in total. The lowest BCUT2D eigenvalue weighted by atomic mass is 10.1. The molecule has 1 aliphatic heterocycles. The van der Waals surface area contributed by atoms with Gasteiger partial charge in [-0.25, -0.2) is 9.37 Å². The molecule has 3 rings (SSSR count). The molecule has 0 radical (unpaired) electrons. The van der Waals surface area contributed by atoms with Gasteiger partial charge in [0.2, 0.25) is 6.41 Å². The molecule has 22 heavy (non-hydrogen) atoms. The number of carbonyl (C=O) groups excluding carboxylic acids is 2. The van der Waals surface area contributed by atoms with Crippen molar-refractivity contribution < 1.29 is 14.0 Å². The summed E-state index contributed by atoms with van der Waals surface area (Å²) in [4.78, 5) is 30.6. The molecule has 1 aromatic carbocycles. The van der Waals surface area contributed by atoms with Crippen molar-refractivity contribution in [1.82, 2.24) is 14.8 Å². The van der Waals surface area contributed by atoms with Gasteiger partial charge in [-0.2, -0.15) is 0 Å². The summed E-state index contributed by atoms with van der Waals surface area (Å²) in [6, 6.07) is 5.78. The highest BCUT2D eigenvalue weighted by Crippen LogP contribution is 2.23. The maximum Gasteiger partial charge on any atom is 0.257 e. The fourth-order valence-corrected chi connectivity index (χ4v) is 2.69. The lowest BCUT2D eigenvalue weighted by Gasteiger charge is -2.32. The van der Waals surface area contributed by atoms with E-state index in [2.05, 4.69) is 4.98 Å². The molecule has 0 aliphatic carbocycles. The molecule has 0 saturated carbocycles. The van der Waals surface area contributed by atoms with E-state index in [0.29, 0.717) is 42.6 Å². The Morgan fingerprint density at radius 3 is 2.64 bits per heavy atom. The van der Waals surface area contributed by atoms with Crippen LogP contribution in [0.3, 0.4) is 0 Å². The first kappa shape index (κ1) is 14.7. The van der Waals surface area contributed by atoms with E-state index in [0.717, 1.165) is 6.41 Å². The largest absolute Gasteiger partial charge is 0.342 e. The van der Waals surface area contributed by atoms with Crippen LogP contribution in [0.5, 0.6) is 0 Å². The molecule has 0 spiro atoms. The topological polar surface area (TPSA) is 53.5 Å². The fourth-order valence-electron chi connectivity index (χ4n) is 2.47. The number of aromatic nitrogens is 1. The SMILES string of the molecule is O=CN1CCN(C(=O)c2cc3ccc(F)cc3nc2Cl)CC1. The van der Waals surface area contributed by atoms with E-state index in [1.807, 2.05) is 0 Å². The lowest BCUT2D eigenvalue weighted by molar-refractivity contribution is -0.119. The van der Waals surface area contributed by atoms with Gasteiger partial charge in [0.15, 0.2) is 0 Å². The molecular formula is C15H13ClFN3O2. The highest BCUT2D eigenvalue weighted by Gasteiger charge is 2.23. The predicted molar refractivity (Wildman–Crippen MR) is 80.3 cm³/mol. The second kappa shape index (κ2) is 5.88. The Labute approximate surface area is 131 Å². The number of halogens is 2. The predicted octanol–water partition coefficient (Wildman–Crippen LogP) is 1.94. The van der Waals surface area contributed by atoms with E-state index >= 15 is 0 Å². The number of amides is 2. The van der Waals surface area contributed by atoms with Gasteiger partial charge < -0.3 is 9.80 Å². The second-order valence-corrected chi connectivity index (χ2v) is 5.46. The number of nitrogens with zero attached hydrogens (tertiary/aromatic N) is 3. The van der Waals surface area contributed by atoms with Gasteiger partial charge >= 0.3 is 0 Å². The Morgan fingerprint density at radius 1 is 1.23 bits per heavy atom.